The Hall–Kier alpha value is -4.57. The zero-order valence-corrected chi connectivity index (χ0v) is 21.3. The van der Waals surface area contributed by atoms with Crippen LogP contribution in [0.15, 0.2) is 72.8 Å². The average Bonchev–Trinajstić information content (AvgIpc) is 3.38. The van der Waals surface area contributed by atoms with Gasteiger partial charge in [-0.3, -0.25) is 9.59 Å². The third-order valence-corrected chi connectivity index (χ3v) is 6.56. The van der Waals surface area contributed by atoms with Crippen molar-refractivity contribution in [2.24, 2.45) is 5.73 Å². The molecule has 0 saturated heterocycles. The third-order valence-electron chi connectivity index (χ3n) is 6.56. The predicted molar refractivity (Wildman–Crippen MR) is 145 cm³/mol. The van der Waals surface area contributed by atoms with Crippen molar-refractivity contribution in [3.63, 3.8) is 0 Å². The summed E-state index contributed by atoms with van der Waals surface area (Å²) < 4.78 is 0. The summed E-state index contributed by atoms with van der Waals surface area (Å²) >= 11 is 0. The Balaban J connectivity index is 1.40. The minimum absolute atomic E-state index is 0.147. The number of carbonyl (C=O) groups excluding carboxylic acids is 2. The molecule has 0 radical (unpaired) electrons. The molecule has 0 unspecified atom stereocenters. The Kier molecular flexibility index (Phi) is 6.89. The highest BCUT2D eigenvalue weighted by Crippen LogP contribution is 2.31. The third kappa shape index (κ3) is 5.40. The fourth-order valence-corrected chi connectivity index (χ4v) is 4.51. The van der Waals surface area contributed by atoms with Gasteiger partial charge in [-0.2, -0.15) is 5.21 Å². The first-order valence-corrected chi connectivity index (χ1v) is 12.5. The lowest BCUT2D eigenvalue weighted by molar-refractivity contribution is -0.130. The van der Waals surface area contributed by atoms with Crippen molar-refractivity contribution < 1.29 is 9.59 Å². The van der Waals surface area contributed by atoms with Crippen LogP contribution >= 0.6 is 0 Å². The average molecular weight is 511 g/mol. The maximum Gasteiger partial charge on any atom is 0.267 e. The summed E-state index contributed by atoms with van der Waals surface area (Å²) in [7, 11) is 0. The number of nitrogens with zero attached hydrogens (tertiary/aromatic N) is 4. The largest absolute Gasteiger partial charge is 0.343 e. The van der Waals surface area contributed by atoms with Crippen molar-refractivity contribution in [2.45, 2.75) is 44.8 Å². The number of hydrogen-bond acceptors (Lipinski definition) is 7. The quantitative estimate of drug-likeness (QED) is 0.299. The van der Waals surface area contributed by atoms with Gasteiger partial charge in [0.25, 0.3) is 5.95 Å². The number of tetrazole rings is 1. The highest BCUT2D eigenvalue weighted by atomic mass is 16.2. The molecule has 3 aromatic carbocycles. The number of fused-ring (bicyclic) bond motifs is 1. The van der Waals surface area contributed by atoms with Crippen LogP contribution < -0.4 is 21.3 Å². The first-order valence-electron chi connectivity index (χ1n) is 12.5. The molecular formula is C28H30N8O2. The maximum atomic E-state index is 13.7. The number of amides is 2. The van der Waals surface area contributed by atoms with Crippen LogP contribution in [0.4, 0.5) is 17.3 Å². The van der Waals surface area contributed by atoms with Crippen molar-refractivity contribution in [3.05, 3.63) is 83.9 Å². The van der Waals surface area contributed by atoms with Gasteiger partial charge in [0.15, 0.2) is 0 Å². The van der Waals surface area contributed by atoms with E-state index < -0.39 is 11.6 Å². The van der Waals surface area contributed by atoms with Crippen molar-refractivity contribution in [1.82, 2.24) is 25.9 Å². The summed E-state index contributed by atoms with van der Waals surface area (Å²) in [6, 6.07) is 23.2. The molecule has 2 heterocycles. The number of nitrogens with two attached hydrogens (primary N) is 1. The van der Waals surface area contributed by atoms with E-state index in [1.54, 1.807) is 18.7 Å². The fraction of sp³-hybridized carbons (Fsp3) is 0.250. The Morgan fingerprint density at radius 3 is 2.55 bits per heavy atom. The van der Waals surface area contributed by atoms with Gasteiger partial charge in [-0.05, 0) is 60.7 Å². The van der Waals surface area contributed by atoms with Crippen LogP contribution in [-0.4, -0.2) is 44.0 Å². The van der Waals surface area contributed by atoms with Crippen molar-refractivity contribution in [3.8, 4) is 11.1 Å². The smallest absolute Gasteiger partial charge is 0.267 e. The first-order chi connectivity index (χ1) is 18.3. The first kappa shape index (κ1) is 25.1. The molecule has 0 bridgehead atoms. The van der Waals surface area contributed by atoms with Gasteiger partial charge in [-0.1, -0.05) is 65.8 Å². The van der Waals surface area contributed by atoms with E-state index in [1.165, 1.54) is 0 Å². The van der Waals surface area contributed by atoms with Crippen molar-refractivity contribution in [2.75, 3.05) is 10.2 Å². The minimum atomic E-state index is -1.07. The van der Waals surface area contributed by atoms with Crippen LogP contribution in [0.5, 0.6) is 0 Å². The molecule has 10 heteroatoms. The highest BCUT2D eigenvalue weighted by molar-refractivity contribution is 6.01. The lowest BCUT2D eigenvalue weighted by Crippen LogP contribution is -2.56. The van der Waals surface area contributed by atoms with Gasteiger partial charge in [0, 0.05) is 16.9 Å². The molecule has 0 fully saturated rings. The molecule has 0 saturated carbocycles. The molecule has 5 rings (SSSR count). The molecule has 5 N–H and O–H groups in total. The minimum Gasteiger partial charge on any atom is -0.343 e. The summed E-state index contributed by atoms with van der Waals surface area (Å²) in [5.41, 5.74) is 10.6. The number of para-hydroxylation sites is 2. The lowest BCUT2D eigenvalue weighted by atomic mass is 10.0. The van der Waals surface area contributed by atoms with E-state index in [2.05, 4.69) is 31.3 Å². The molecule has 10 nitrogen and oxygen atoms in total. The summed E-state index contributed by atoms with van der Waals surface area (Å²) in [5.74, 6) is -0.113. The maximum absolute atomic E-state index is 13.7. The molecule has 2 amide bonds. The van der Waals surface area contributed by atoms with Gasteiger partial charge in [0.2, 0.25) is 11.8 Å². The molecule has 1 aliphatic rings. The van der Waals surface area contributed by atoms with Gasteiger partial charge < -0.3 is 21.3 Å². The summed E-state index contributed by atoms with van der Waals surface area (Å²) in [6.07, 6.45) is 1.19. The number of H-pyrrole nitrogens is 1. The second kappa shape index (κ2) is 10.4. The zero-order chi connectivity index (χ0) is 26.7. The van der Waals surface area contributed by atoms with Crippen LogP contribution in [0.1, 0.15) is 31.4 Å². The van der Waals surface area contributed by atoms with Gasteiger partial charge in [0.05, 0.1) is 12.1 Å². The monoisotopic (exact) mass is 510 g/mol. The number of aromatic nitrogens is 4. The number of hydrogen-bond donors (Lipinski definition) is 4. The molecule has 1 aromatic heterocycles. The Morgan fingerprint density at radius 2 is 1.82 bits per heavy atom. The molecule has 38 heavy (non-hydrogen) atoms. The second-order valence-electron chi connectivity index (χ2n) is 9.94. The molecule has 194 valence electrons. The Morgan fingerprint density at radius 1 is 1.08 bits per heavy atom. The van der Waals surface area contributed by atoms with Gasteiger partial charge in [0.1, 0.15) is 6.04 Å². The van der Waals surface area contributed by atoms with Crippen LogP contribution in [-0.2, 0) is 22.6 Å². The van der Waals surface area contributed by atoms with E-state index in [1.807, 2.05) is 72.8 Å². The fourth-order valence-electron chi connectivity index (χ4n) is 4.51. The number of benzene rings is 3. The van der Waals surface area contributed by atoms with E-state index >= 15 is 0 Å². The van der Waals surface area contributed by atoms with Crippen LogP contribution in [0.3, 0.4) is 0 Å². The van der Waals surface area contributed by atoms with E-state index in [9.17, 15) is 9.59 Å². The molecular weight excluding hydrogens is 480 g/mol. The number of anilines is 3. The van der Waals surface area contributed by atoms with E-state index in [0.717, 1.165) is 33.6 Å². The van der Waals surface area contributed by atoms with Crippen LogP contribution in [0.25, 0.3) is 11.1 Å². The molecule has 0 aliphatic carbocycles. The zero-order valence-electron chi connectivity index (χ0n) is 21.3. The van der Waals surface area contributed by atoms with Gasteiger partial charge >= 0.3 is 0 Å². The lowest BCUT2D eigenvalue weighted by Gasteiger charge is -2.28. The number of nitrogens with one attached hydrogen (secondary N) is 3. The van der Waals surface area contributed by atoms with E-state index in [4.69, 9.17) is 5.73 Å². The summed E-state index contributed by atoms with van der Waals surface area (Å²) in [5, 5.41) is 20.0. The Bertz CT molecular complexity index is 1430. The van der Waals surface area contributed by atoms with Crippen LogP contribution in [0, 0.1) is 0 Å². The Labute approximate surface area is 220 Å². The van der Waals surface area contributed by atoms with E-state index in [0.29, 0.717) is 25.3 Å². The SMILES string of the molecule is CC(C)(N)C(=O)N[C@@H]1CCc2ccccc2N(Cc2ccc(-c3ccccc3Nc3nn[nH]n3)cc2)C1=O. The molecule has 0 spiro atoms. The second-order valence-corrected chi connectivity index (χ2v) is 9.94. The number of rotatable bonds is 7. The predicted octanol–water partition coefficient (Wildman–Crippen LogP) is 3.31. The normalized spacial score (nSPS) is 15.5. The van der Waals surface area contributed by atoms with E-state index in [-0.39, 0.29) is 11.8 Å². The molecule has 1 atom stereocenters. The number of aromatic amines is 1. The number of carbonyl (C=O) groups is 2. The van der Waals surface area contributed by atoms with Crippen molar-refractivity contribution >= 4 is 29.1 Å². The topological polar surface area (TPSA) is 142 Å². The number of aryl methyl sites for hydroxylation is 1. The van der Waals surface area contributed by atoms with Gasteiger partial charge in [-0.15, -0.1) is 5.10 Å². The summed E-state index contributed by atoms with van der Waals surface area (Å²) in [4.78, 5) is 28.1. The van der Waals surface area contributed by atoms with Crippen LogP contribution in [0.2, 0.25) is 0 Å². The highest BCUT2D eigenvalue weighted by Gasteiger charge is 2.34. The molecule has 1 aliphatic heterocycles. The van der Waals surface area contributed by atoms with Gasteiger partial charge in [-0.25, -0.2) is 0 Å². The summed E-state index contributed by atoms with van der Waals surface area (Å²) in [6.45, 7) is 3.64. The standard InChI is InChI=1S/C28H30N8O2/c1-28(2,29)26(38)30-23-16-15-20-7-3-6-10-24(20)36(25(23)37)17-18-11-13-19(14-12-18)21-8-4-5-9-22(21)31-27-32-34-35-33-27/h3-14,23H,15-17,29H2,1-2H3,(H,30,38)(H2,31,32,33,34,35)/t23-/m1/s1. The van der Waals surface area contributed by atoms with Crippen molar-refractivity contribution in [1.29, 1.82) is 0 Å². The molecule has 4 aromatic rings.